The van der Waals surface area contributed by atoms with Gasteiger partial charge in [0.2, 0.25) is 22.6 Å². The average molecular weight is 495 g/mol. The predicted molar refractivity (Wildman–Crippen MR) is 128 cm³/mol. The fourth-order valence-corrected chi connectivity index (χ4v) is 6.37. The molecule has 2 aliphatic heterocycles. The molecule has 2 aromatic rings. The maximum absolute atomic E-state index is 13.6. The molecule has 0 saturated carbocycles. The number of halogens is 1. The largest absolute Gasteiger partial charge is 0.492 e. The Balaban J connectivity index is 1.62. The molecule has 7 nitrogen and oxygen atoms in total. The summed E-state index contributed by atoms with van der Waals surface area (Å²) >= 11 is 6.04. The van der Waals surface area contributed by atoms with Crippen LogP contribution in [0.15, 0.2) is 29.2 Å². The van der Waals surface area contributed by atoms with Crippen molar-refractivity contribution in [3.63, 3.8) is 0 Å². The van der Waals surface area contributed by atoms with E-state index in [1.54, 1.807) is 7.11 Å². The summed E-state index contributed by atoms with van der Waals surface area (Å²) in [6.07, 6.45) is 1.26. The van der Waals surface area contributed by atoms with E-state index in [0.717, 1.165) is 23.2 Å². The number of likely N-dealkylation sites (N-methyl/N-ethyl adjacent to an activating group) is 1. The monoisotopic (exact) mass is 494 g/mol. The third kappa shape index (κ3) is 4.80. The van der Waals surface area contributed by atoms with Gasteiger partial charge < -0.3 is 19.1 Å². The molecule has 1 atom stereocenters. The smallest absolute Gasteiger partial charge is 0.244 e. The molecular formula is C24H31ClN2O5S. The van der Waals surface area contributed by atoms with Gasteiger partial charge in [0, 0.05) is 30.2 Å². The van der Waals surface area contributed by atoms with Crippen molar-refractivity contribution in [1.29, 1.82) is 0 Å². The number of sulfonamides is 1. The third-order valence-corrected chi connectivity index (χ3v) is 8.24. The summed E-state index contributed by atoms with van der Waals surface area (Å²) < 4.78 is 46.8. The maximum Gasteiger partial charge on any atom is 0.244 e. The zero-order valence-corrected chi connectivity index (χ0v) is 21.1. The Labute approximate surface area is 201 Å². The first-order valence-electron chi connectivity index (χ1n) is 11.2. The van der Waals surface area contributed by atoms with Gasteiger partial charge in [-0.3, -0.25) is 0 Å². The first-order chi connectivity index (χ1) is 15.7. The van der Waals surface area contributed by atoms with Crippen molar-refractivity contribution in [2.75, 3.05) is 34.0 Å². The third-order valence-electron chi connectivity index (χ3n) is 6.43. The van der Waals surface area contributed by atoms with Crippen LogP contribution in [0.5, 0.6) is 17.2 Å². The number of hydrogen-bond donors (Lipinski definition) is 1. The number of methoxy groups -OCH3 is 1. The normalized spacial score (nSPS) is 16.7. The lowest BCUT2D eigenvalue weighted by atomic mass is 9.86. The lowest BCUT2D eigenvalue weighted by Crippen LogP contribution is -2.32. The Morgan fingerprint density at radius 2 is 1.85 bits per heavy atom. The lowest BCUT2D eigenvalue weighted by molar-refractivity contribution is 0.169. The van der Waals surface area contributed by atoms with E-state index in [4.69, 9.17) is 25.8 Å². The van der Waals surface area contributed by atoms with Crippen LogP contribution in [0.25, 0.3) is 0 Å². The van der Waals surface area contributed by atoms with E-state index in [1.807, 2.05) is 31.3 Å². The van der Waals surface area contributed by atoms with Gasteiger partial charge in [-0.15, -0.1) is 0 Å². The van der Waals surface area contributed by atoms with Crippen LogP contribution >= 0.6 is 11.6 Å². The summed E-state index contributed by atoms with van der Waals surface area (Å²) in [4.78, 5) is 2.32. The fraction of sp³-hybridized carbons (Fsp3) is 0.500. The SMILES string of the molecule is COc1c2c(c(S(=O)(=O)NCCC(c3ccc(Cl)cc3)C(C)C)c3c1OCO3)CCN(C)C2. The van der Waals surface area contributed by atoms with Gasteiger partial charge in [0.15, 0.2) is 11.5 Å². The molecule has 0 saturated heterocycles. The summed E-state index contributed by atoms with van der Waals surface area (Å²) in [6.45, 7) is 5.90. The van der Waals surface area contributed by atoms with Gasteiger partial charge in [-0.25, -0.2) is 13.1 Å². The molecule has 0 aromatic heterocycles. The number of fused-ring (bicyclic) bond motifs is 2. The van der Waals surface area contributed by atoms with Gasteiger partial charge in [0.05, 0.1) is 7.11 Å². The average Bonchev–Trinajstić information content (AvgIpc) is 3.24. The van der Waals surface area contributed by atoms with Gasteiger partial charge in [-0.1, -0.05) is 37.6 Å². The standard InChI is InChI=1S/C24H31ClN2O5S/c1-15(2)18(16-5-7-17(25)8-6-16)9-11-26-33(28,29)24-19-10-12-27(3)13-20(19)21(30-4)22-23(24)32-14-31-22/h5-8,15,18,26H,9-14H2,1-4H3. The van der Waals surface area contributed by atoms with E-state index in [9.17, 15) is 8.42 Å². The molecule has 1 N–H and O–H groups in total. The zero-order valence-electron chi connectivity index (χ0n) is 19.5. The molecule has 0 amide bonds. The number of nitrogens with one attached hydrogen (secondary N) is 1. The quantitative estimate of drug-likeness (QED) is 0.593. The van der Waals surface area contributed by atoms with Crippen molar-refractivity contribution in [2.45, 2.75) is 44.0 Å². The molecule has 9 heteroatoms. The van der Waals surface area contributed by atoms with Gasteiger partial charge in [-0.05, 0) is 55.0 Å². The van der Waals surface area contributed by atoms with Crippen LogP contribution in [0.4, 0.5) is 0 Å². The van der Waals surface area contributed by atoms with E-state index < -0.39 is 10.0 Å². The Morgan fingerprint density at radius 3 is 2.52 bits per heavy atom. The van der Waals surface area contributed by atoms with Crippen LogP contribution in [0, 0.1) is 5.92 Å². The highest BCUT2D eigenvalue weighted by atomic mass is 35.5. The molecule has 1 unspecified atom stereocenters. The minimum absolute atomic E-state index is 0.0288. The second-order valence-electron chi connectivity index (χ2n) is 8.96. The van der Waals surface area contributed by atoms with Crippen LogP contribution in [0.2, 0.25) is 5.02 Å². The minimum Gasteiger partial charge on any atom is -0.492 e. The molecule has 0 radical (unpaired) electrons. The molecule has 0 bridgehead atoms. The molecule has 0 spiro atoms. The van der Waals surface area contributed by atoms with Gasteiger partial charge >= 0.3 is 0 Å². The second-order valence-corrected chi connectivity index (χ2v) is 11.1. The topological polar surface area (TPSA) is 77.1 Å². The fourth-order valence-electron chi connectivity index (χ4n) is 4.76. The molecule has 180 valence electrons. The van der Waals surface area contributed by atoms with E-state index in [0.29, 0.717) is 48.4 Å². The summed E-state index contributed by atoms with van der Waals surface area (Å²) in [5.74, 6) is 1.73. The van der Waals surface area contributed by atoms with Crippen LogP contribution in [-0.4, -0.2) is 47.4 Å². The molecule has 0 fully saturated rings. The molecule has 2 heterocycles. The zero-order chi connectivity index (χ0) is 23.8. The molecule has 0 aliphatic carbocycles. The second kappa shape index (κ2) is 9.70. The van der Waals surface area contributed by atoms with Crippen molar-refractivity contribution in [3.8, 4) is 17.2 Å². The Morgan fingerprint density at radius 1 is 1.15 bits per heavy atom. The number of rotatable bonds is 8. The molecule has 33 heavy (non-hydrogen) atoms. The molecule has 2 aromatic carbocycles. The number of ether oxygens (including phenoxy) is 3. The van der Waals surface area contributed by atoms with Crippen LogP contribution in [-0.2, 0) is 23.0 Å². The van der Waals surface area contributed by atoms with Crippen LogP contribution in [0.1, 0.15) is 42.9 Å². The van der Waals surface area contributed by atoms with Gasteiger partial charge in [0.25, 0.3) is 0 Å². The van der Waals surface area contributed by atoms with E-state index in [1.165, 1.54) is 0 Å². The van der Waals surface area contributed by atoms with Crippen LogP contribution in [0.3, 0.4) is 0 Å². The maximum atomic E-state index is 13.6. The van der Waals surface area contributed by atoms with Crippen molar-refractivity contribution >= 4 is 21.6 Å². The number of benzene rings is 2. The summed E-state index contributed by atoms with van der Waals surface area (Å²) in [7, 11) is -0.257. The molecular weight excluding hydrogens is 464 g/mol. The van der Waals surface area contributed by atoms with Gasteiger partial charge in [0.1, 0.15) is 4.90 Å². The number of hydrogen-bond acceptors (Lipinski definition) is 6. The van der Waals surface area contributed by atoms with E-state index >= 15 is 0 Å². The highest BCUT2D eigenvalue weighted by Gasteiger charge is 2.37. The van der Waals surface area contributed by atoms with Crippen LogP contribution < -0.4 is 18.9 Å². The highest BCUT2D eigenvalue weighted by molar-refractivity contribution is 7.89. The Kier molecular flexibility index (Phi) is 7.09. The summed E-state index contributed by atoms with van der Waals surface area (Å²) in [5.41, 5.74) is 2.74. The first-order valence-corrected chi connectivity index (χ1v) is 13.0. The van der Waals surface area contributed by atoms with Crippen molar-refractivity contribution in [3.05, 3.63) is 46.0 Å². The number of nitrogens with zero attached hydrogens (tertiary/aromatic N) is 1. The van der Waals surface area contributed by atoms with Crippen molar-refractivity contribution in [2.24, 2.45) is 5.92 Å². The van der Waals surface area contributed by atoms with E-state index in [2.05, 4.69) is 23.5 Å². The van der Waals surface area contributed by atoms with E-state index in [-0.39, 0.29) is 23.4 Å². The first kappa shape index (κ1) is 24.1. The summed E-state index contributed by atoms with van der Waals surface area (Å²) in [6, 6.07) is 7.77. The highest BCUT2D eigenvalue weighted by Crippen LogP contribution is 2.51. The Hall–Kier alpha value is -2.00. The van der Waals surface area contributed by atoms with Gasteiger partial charge in [-0.2, -0.15) is 0 Å². The lowest BCUT2D eigenvalue weighted by Gasteiger charge is -2.29. The molecule has 4 rings (SSSR count). The summed E-state index contributed by atoms with van der Waals surface area (Å²) in [5, 5.41) is 0.688. The van der Waals surface area contributed by atoms with Crippen molar-refractivity contribution < 1.29 is 22.6 Å². The molecule has 2 aliphatic rings. The Bertz CT molecular complexity index is 1120. The van der Waals surface area contributed by atoms with Crippen molar-refractivity contribution in [1.82, 2.24) is 9.62 Å². The predicted octanol–water partition coefficient (Wildman–Crippen LogP) is 4.17. The minimum atomic E-state index is -3.83.